The van der Waals surface area contributed by atoms with Crippen molar-refractivity contribution in [1.29, 1.82) is 0 Å². The number of nitrogens with two attached hydrogens (primary N) is 1. The lowest BCUT2D eigenvalue weighted by Gasteiger charge is -2.20. The Morgan fingerprint density at radius 1 is 1.50 bits per heavy atom. The standard InChI is InChI=1S/C14H21N3O/c1-9(2)12(14(15)18)17-8-11-5-3-4-10-6-7-16-13(10)11/h3-5,9,12,16-17H,6-8H2,1-2H3,(H2,15,18). The van der Waals surface area contributed by atoms with Gasteiger partial charge in [-0.05, 0) is 23.5 Å². The van der Waals surface area contributed by atoms with Crippen molar-refractivity contribution in [3.8, 4) is 0 Å². The van der Waals surface area contributed by atoms with Crippen LogP contribution < -0.4 is 16.4 Å². The summed E-state index contributed by atoms with van der Waals surface area (Å²) in [5.41, 5.74) is 9.18. The lowest BCUT2D eigenvalue weighted by molar-refractivity contribution is -0.121. The fraction of sp³-hybridized carbons (Fsp3) is 0.500. The third-order valence-corrected chi connectivity index (χ3v) is 3.42. The number of primary amides is 1. The van der Waals surface area contributed by atoms with Gasteiger partial charge in [-0.2, -0.15) is 0 Å². The van der Waals surface area contributed by atoms with E-state index in [0.29, 0.717) is 6.54 Å². The molecule has 4 heteroatoms. The van der Waals surface area contributed by atoms with Crippen LogP contribution >= 0.6 is 0 Å². The summed E-state index contributed by atoms with van der Waals surface area (Å²) in [5, 5.41) is 6.64. The predicted octanol–water partition coefficient (Wildman–Crippen LogP) is 1.25. The third kappa shape index (κ3) is 2.64. The van der Waals surface area contributed by atoms with Crippen molar-refractivity contribution in [2.45, 2.75) is 32.9 Å². The number of hydrogen-bond acceptors (Lipinski definition) is 3. The first-order valence-electron chi connectivity index (χ1n) is 6.47. The van der Waals surface area contributed by atoms with Crippen molar-refractivity contribution < 1.29 is 4.79 Å². The van der Waals surface area contributed by atoms with Crippen LogP contribution in [0.15, 0.2) is 18.2 Å². The Kier molecular flexibility index (Phi) is 3.87. The van der Waals surface area contributed by atoms with Crippen LogP contribution in [-0.2, 0) is 17.8 Å². The van der Waals surface area contributed by atoms with Gasteiger partial charge in [-0.1, -0.05) is 32.0 Å². The van der Waals surface area contributed by atoms with E-state index in [1.807, 2.05) is 13.8 Å². The van der Waals surface area contributed by atoms with Gasteiger partial charge in [-0.3, -0.25) is 4.79 Å². The second kappa shape index (κ2) is 5.40. The molecule has 4 N–H and O–H groups in total. The summed E-state index contributed by atoms with van der Waals surface area (Å²) < 4.78 is 0. The van der Waals surface area contributed by atoms with E-state index in [4.69, 9.17) is 5.73 Å². The molecule has 18 heavy (non-hydrogen) atoms. The van der Waals surface area contributed by atoms with Crippen LogP contribution in [0.4, 0.5) is 5.69 Å². The number of benzene rings is 1. The number of hydrogen-bond donors (Lipinski definition) is 3. The molecule has 98 valence electrons. The minimum atomic E-state index is -0.287. The number of nitrogens with one attached hydrogen (secondary N) is 2. The molecule has 1 aromatic rings. The van der Waals surface area contributed by atoms with Crippen LogP contribution in [0.2, 0.25) is 0 Å². The van der Waals surface area contributed by atoms with E-state index < -0.39 is 0 Å². The van der Waals surface area contributed by atoms with Gasteiger partial charge in [0.25, 0.3) is 0 Å². The normalized spacial score (nSPS) is 15.3. The molecule has 1 heterocycles. The zero-order valence-electron chi connectivity index (χ0n) is 11.0. The lowest BCUT2D eigenvalue weighted by atomic mass is 10.0. The van der Waals surface area contributed by atoms with Crippen LogP contribution in [0.1, 0.15) is 25.0 Å². The first-order valence-corrected chi connectivity index (χ1v) is 6.47. The van der Waals surface area contributed by atoms with Gasteiger partial charge >= 0.3 is 0 Å². The Hall–Kier alpha value is -1.55. The summed E-state index contributed by atoms with van der Waals surface area (Å²) in [6.07, 6.45) is 1.08. The quantitative estimate of drug-likeness (QED) is 0.733. The molecule has 0 saturated carbocycles. The van der Waals surface area contributed by atoms with Crippen molar-refractivity contribution in [2.24, 2.45) is 11.7 Å². The van der Waals surface area contributed by atoms with Crippen LogP contribution in [0.25, 0.3) is 0 Å². The van der Waals surface area contributed by atoms with Gasteiger partial charge < -0.3 is 16.4 Å². The zero-order chi connectivity index (χ0) is 13.1. The number of carbonyl (C=O) groups excluding carboxylic acids is 1. The highest BCUT2D eigenvalue weighted by Crippen LogP contribution is 2.26. The van der Waals surface area contributed by atoms with Crippen molar-refractivity contribution in [3.05, 3.63) is 29.3 Å². The molecule has 1 atom stereocenters. The highest BCUT2D eigenvalue weighted by atomic mass is 16.1. The number of rotatable bonds is 5. The molecule has 1 unspecified atom stereocenters. The average molecular weight is 247 g/mol. The minimum Gasteiger partial charge on any atom is -0.384 e. The molecule has 0 fully saturated rings. The Morgan fingerprint density at radius 2 is 2.28 bits per heavy atom. The van der Waals surface area contributed by atoms with Crippen molar-refractivity contribution in [2.75, 3.05) is 11.9 Å². The van der Waals surface area contributed by atoms with Gasteiger partial charge in [0.15, 0.2) is 0 Å². The van der Waals surface area contributed by atoms with E-state index in [1.54, 1.807) is 0 Å². The first kappa shape index (κ1) is 12.9. The summed E-state index contributed by atoms with van der Waals surface area (Å²) in [5.74, 6) is -0.0854. The van der Waals surface area contributed by atoms with E-state index in [9.17, 15) is 4.79 Å². The van der Waals surface area contributed by atoms with Crippen LogP contribution in [0, 0.1) is 5.92 Å². The number of carbonyl (C=O) groups is 1. The van der Waals surface area contributed by atoms with Crippen LogP contribution in [-0.4, -0.2) is 18.5 Å². The minimum absolute atomic E-state index is 0.201. The van der Waals surface area contributed by atoms with Crippen molar-refractivity contribution in [3.63, 3.8) is 0 Å². The largest absolute Gasteiger partial charge is 0.384 e. The molecule has 2 rings (SSSR count). The number of anilines is 1. The molecule has 0 bridgehead atoms. The number of fused-ring (bicyclic) bond motifs is 1. The second-order valence-corrected chi connectivity index (χ2v) is 5.13. The van der Waals surface area contributed by atoms with Gasteiger partial charge in [-0.15, -0.1) is 0 Å². The Bertz CT molecular complexity index is 443. The van der Waals surface area contributed by atoms with Gasteiger partial charge in [0.2, 0.25) is 5.91 Å². The maximum atomic E-state index is 11.3. The molecule has 4 nitrogen and oxygen atoms in total. The molecular weight excluding hydrogens is 226 g/mol. The maximum absolute atomic E-state index is 11.3. The number of amides is 1. The smallest absolute Gasteiger partial charge is 0.234 e. The van der Waals surface area contributed by atoms with Crippen LogP contribution in [0.3, 0.4) is 0 Å². The molecule has 0 radical (unpaired) electrons. The summed E-state index contributed by atoms with van der Waals surface area (Å²) in [4.78, 5) is 11.3. The summed E-state index contributed by atoms with van der Waals surface area (Å²) >= 11 is 0. The highest BCUT2D eigenvalue weighted by molar-refractivity contribution is 5.80. The molecule has 1 aliphatic heterocycles. The predicted molar refractivity (Wildman–Crippen MR) is 73.3 cm³/mol. The third-order valence-electron chi connectivity index (χ3n) is 3.42. The Labute approximate surface area is 108 Å². The Morgan fingerprint density at radius 3 is 2.94 bits per heavy atom. The lowest BCUT2D eigenvalue weighted by Crippen LogP contribution is -2.44. The highest BCUT2D eigenvalue weighted by Gasteiger charge is 2.20. The van der Waals surface area contributed by atoms with Gasteiger partial charge in [0, 0.05) is 18.8 Å². The molecule has 1 aromatic carbocycles. The summed E-state index contributed by atoms with van der Waals surface area (Å²) in [6.45, 7) is 5.66. The van der Waals surface area contributed by atoms with Crippen LogP contribution in [0.5, 0.6) is 0 Å². The van der Waals surface area contributed by atoms with Crippen molar-refractivity contribution >= 4 is 11.6 Å². The summed E-state index contributed by atoms with van der Waals surface area (Å²) in [7, 11) is 0. The molecular formula is C14H21N3O. The monoisotopic (exact) mass is 247 g/mol. The van der Waals surface area contributed by atoms with E-state index in [2.05, 4.69) is 28.8 Å². The molecule has 0 spiro atoms. The van der Waals surface area contributed by atoms with Gasteiger partial charge in [0.1, 0.15) is 0 Å². The number of para-hydroxylation sites is 1. The van der Waals surface area contributed by atoms with Crippen molar-refractivity contribution in [1.82, 2.24) is 5.32 Å². The van der Waals surface area contributed by atoms with E-state index >= 15 is 0 Å². The SMILES string of the molecule is CC(C)C(NCc1cccc2c1NCC2)C(N)=O. The average Bonchev–Trinajstić information content (AvgIpc) is 2.77. The Balaban J connectivity index is 2.06. The van der Waals surface area contributed by atoms with Gasteiger partial charge in [0.05, 0.1) is 6.04 Å². The fourth-order valence-corrected chi connectivity index (χ4v) is 2.44. The molecule has 1 aliphatic rings. The van der Waals surface area contributed by atoms with E-state index in [-0.39, 0.29) is 17.9 Å². The molecule has 0 saturated heterocycles. The molecule has 0 aromatic heterocycles. The molecule has 1 amide bonds. The van der Waals surface area contributed by atoms with E-state index in [0.717, 1.165) is 13.0 Å². The summed E-state index contributed by atoms with van der Waals surface area (Å²) in [6, 6.07) is 6.02. The topological polar surface area (TPSA) is 67.2 Å². The fourth-order valence-electron chi connectivity index (χ4n) is 2.44. The van der Waals surface area contributed by atoms with Gasteiger partial charge in [-0.25, -0.2) is 0 Å². The maximum Gasteiger partial charge on any atom is 0.234 e. The molecule has 0 aliphatic carbocycles. The second-order valence-electron chi connectivity index (χ2n) is 5.13. The zero-order valence-corrected chi connectivity index (χ0v) is 11.0. The van der Waals surface area contributed by atoms with E-state index in [1.165, 1.54) is 16.8 Å². The first-order chi connectivity index (χ1) is 8.59.